The normalized spacial score (nSPS) is 16.0. The number of nitrogens with zero attached hydrogens (tertiary/aromatic N) is 3. The summed E-state index contributed by atoms with van der Waals surface area (Å²) >= 11 is 0. The van der Waals surface area contributed by atoms with Gasteiger partial charge >= 0.3 is 0 Å². The van der Waals surface area contributed by atoms with Crippen molar-refractivity contribution >= 4 is 16.9 Å². The summed E-state index contributed by atoms with van der Waals surface area (Å²) in [6.45, 7) is 3.69. The fourth-order valence-corrected chi connectivity index (χ4v) is 2.88. The van der Waals surface area contributed by atoms with Gasteiger partial charge in [0.2, 0.25) is 5.95 Å². The monoisotopic (exact) mass is 321 g/mol. The van der Waals surface area contributed by atoms with Gasteiger partial charge in [0.15, 0.2) is 0 Å². The third kappa shape index (κ3) is 2.47. The molecule has 0 spiro atoms. The number of anilines is 1. The zero-order valence-electron chi connectivity index (χ0n) is 13.7. The molecule has 2 heterocycles. The number of hydrogen-bond donors (Lipinski definition) is 1. The molecule has 1 unspecified atom stereocenters. The van der Waals surface area contributed by atoms with Gasteiger partial charge in [-0.1, -0.05) is 30.3 Å². The van der Waals surface area contributed by atoms with Crippen LogP contribution < -0.4 is 9.64 Å². The van der Waals surface area contributed by atoms with Crippen LogP contribution in [0.1, 0.15) is 18.2 Å². The van der Waals surface area contributed by atoms with Gasteiger partial charge in [0.1, 0.15) is 11.4 Å². The molecule has 0 radical (unpaired) electrons. The first kappa shape index (κ1) is 14.9. The van der Waals surface area contributed by atoms with Crippen molar-refractivity contribution in [2.24, 2.45) is 0 Å². The molecule has 0 aliphatic carbocycles. The highest BCUT2D eigenvalue weighted by Crippen LogP contribution is 2.35. The first-order valence-corrected chi connectivity index (χ1v) is 7.99. The van der Waals surface area contributed by atoms with E-state index in [-0.39, 0.29) is 0 Å². The molecule has 5 heteroatoms. The maximum absolute atomic E-state index is 11.3. The molecular formula is C19H19N3O2. The van der Waals surface area contributed by atoms with Gasteiger partial charge in [0.05, 0.1) is 18.3 Å². The van der Waals surface area contributed by atoms with Gasteiger partial charge in [-0.25, -0.2) is 9.97 Å². The Morgan fingerprint density at radius 2 is 1.75 bits per heavy atom. The molecule has 1 N–H and O–H groups in total. The quantitative estimate of drug-likeness (QED) is 0.749. The zero-order chi connectivity index (χ0) is 16.7. The summed E-state index contributed by atoms with van der Waals surface area (Å²) < 4.78 is 5.20. The smallest absolute Gasteiger partial charge is 0.226 e. The van der Waals surface area contributed by atoms with Crippen molar-refractivity contribution < 1.29 is 9.84 Å². The van der Waals surface area contributed by atoms with E-state index in [0.29, 0.717) is 11.6 Å². The molecule has 1 aliphatic heterocycles. The molecule has 1 atom stereocenters. The molecular weight excluding hydrogens is 302 g/mol. The first-order valence-electron chi connectivity index (χ1n) is 7.99. The molecule has 24 heavy (non-hydrogen) atoms. The van der Waals surface area contributed by atoms with E-state index >= 15 is 0 Å². The minimum atomic E-state index is -1.22. The number of rotatable bonds is 4. The molecule has 2 aromatic carbocycles. The Labute approximate surface area is 140 Å². The molecule has 0 bridgehead atoms. The van der Waals surface area contributed by atoms with Gasteiger partial charge in [-0.3, -0.25) is 0 Å². The number of ether oxygens (including phenoxy) is 1. The van der Waals surface area contributed by atoms with Gasteiger partial charge in [0, 0.05) is 18.5 Å². The minimum absolute atomic E-state index is 0.625. The summed E-state index contributed by atoms with van der Waals surface area (Å²) in [5, 5.41) is 12.2. The molecule has 122 valence electrons. The van der Waals surface area contributed by atoms with Crippen molar-refractivity contribution in [1.29, 1.82) is 0 Å². The third-order valence-electron chi connectivity index (χ3n) is 4.43. The number of hydrogen-bond acceptors (Lipinski definition) is 5. The summed E-state index contributed by atoms with van der Waals surface area (Å²) in [6.07, 6.45) is 0. The topological polar surface area (TPSA) is 58.2 Å². The van der Waals surface area contributed by atoms with E-state index in [9.17, 15) is 5.11 Å². The molecule has 3 aromatic rings. The summed E-state index contributed by atoms with van der Waals surface area (Å²) in [7, 11) is 1.63. The van der Waals surface area contributed by atoms with Crippen LogP contribution in [0.5, 0.6) is 5.75 Å². The lowest BCUT2D eigenvalue weighted by atomic mass is 9.90. The average molecular weight is 321 g/mol. The molecule has 5 nitrogen and oxygen atoms in total. The molecule has 1 saturated heterocycles. The SMILES string of the molecule is COc1ccc(C(C)(O)c2nc(N3CC3)nc3ccccc23)cc1. The van der Waals surface area contributed by atoms with Crippen LogP contribution in [-0.4, -0.2) is 35.3 Å². The Morgan fingerprint density at radius 3 is 2.42 bits per heavy atom. The van der Waals surface area contributed by atoms with Crippen LogP contribution in [-0.2, 0) is 5.60 Å². The van der Waals surface area contributed by atoms with E-state index < -0.39 is 5.60 Å². The van der Waals surface area contributed by atoms with Crippen LogP contribution >= 0.6 is 0 Å². The lowest BCUT2D eigenvalue weighted by molar-refractivity contribution is 0.0991. The second kappa shape index (κ2) is 5.46. The molecule has 1 aliphatic rings. The van der Waals surface area contributed by atoms with Crippen LogP contribution in [0.2, 0.25) is 0 Å². The maximum atomic E-state index is 11.3. The van der Waals surface area contributed by atoms with Gasteiger partial charge in [-0.2, -0.15) is 0 Å². The predicted molar refractivity (Wildman–Crippen MR) is 93.4 cm³/mol. The summed E-state index contributed by atoms with van der Waals surface area (Å²) in [6, 6.07) is 15.2. The Balaban J connectivity index is 1.89. The lowest BCUT2D eigenvalue weighted by Gasteiger charge is -2.25. The molecule has 1 fully saturated rings. The van der Waals surface area contributed by atoms with Crippen molar-refractivity contribution in [3.8, 4) is 5.75 Å². The molecule has 4 rings (SSSR count). The average Bonchev–Trinajstić information content (AvgIpc) is 3.46. The number of benzene rings is 2. The van der Waals surface area contributed by atoms with Crippen LogP contribution in [0.3, 0.4) is 0 Å². The number of methoxy groups -OCH3 is 1. The highest BCUT2D eigenvalue weighted by Gasteiger charge is 2.32. The Bertz CT molecular complexity index is 887. The molecule has 1 aromatic heterocycles. The molecule has 0 saturated carbocycles. The third-order valence-corrected chi connectivity index (χ3v) is 4.43. The predicted octanol–water partition coefficient (Wildman–Crippen LogP) is 2.71. The highest BCUT2D eigenvalue weighted by molar-refractivity contribution is 5.83. The van der Waals surface area contributed by atoms with Crippen LogP contribution in [0, 0.1) is 0 Å². The minimum Gasteiger partial charge on any atom is -0.497 e. The highest BCUT2D eigenvalue weighted by atomic mass is 16.5. The van der Waals surface area contributed by atoms with Gasteiger partial charge in [-0.15, -0.1) is 0 Å². The van der Waals surface area contributed by atoms with Gasteiger partial charge in [0.25, 0.3) is 0 Å². The van der Waals surface area contributed by atoms with Crippen molar-refractivity contribution in [2.75, 3.05) is 25.1 Å². The van der Waals surface area contributed by atoms with E-state index in [0.717, 1.165) is 35.3 Å². The van der Waals surface area contributed by atoms with Crippen LogP contribution in [0.4, 0.5) is 5.95 Å². The Morgan fingerprint density at radius 1 is 1.04 bits per heavy atom. The summed E-state index contributed by atoms with van der Waals surface area (Å²) in [4.78, 5) is 11.4. The maximum Gasteiger partial charge on any atom is 0.226 e. The summed E-state index contributed by atoms with van der Waals surface area (Å²) in [5.41, 5.74) is 1.02. The van der Waals surface area contributed by atoms with Crippen molar-refractivity contribution in [3.63, 3.8) is 0 Å². The Hall–Kier alpha value is -2.66. The largest absolute Gasteiger partial charge is 0.497 e. The van der Waals surface area contributed by atoms with Crippen molar-refractivity contribution in [1.82, 2.24) is 9.97 Å². The molecule has 0 amide bonds. The second-order valence-electron chi connectivity index (χ2n) is 6.18. The first-order chi connectivity index (χ1) is 11.6. The standard InChI is InChI=1S/C19H19N3O2/c1-19(23,13-7-9-14(24-2)10-8-13)17-15-5-3-4-6-16(15)20-18(21-17)22-11-12-22/h3-10,23H,11-12H2,1-2H3. The second-order valence-corrected chi connectivity index (χ2v) is 6.18. The number of aliphatic hydroxyl groups is 1. The Kier molecular flexibility index (Phi) is 3.39. The van der Waals surface area contributed by atoms with Crippen molar-refractivity contribution in [2.45, 2.75) is 12.5 Å². The van der Waals surface area contributed by atoms with Gasteiger partial charge < -0.3 is 14.7 Å². The summed E-state index contributed by atoms with van der Waals surface area (Å²) in [5.74, 6) is 1.43. The fourth-order valence-electron chi connectivity index (χ4n) is 2.88. The van der Waals surface area contributed by atoms with Crippen molar-refractivity contribution in [3.05, 3.63) is 59.8 Å². The van der Waals surface area contributed by atoms with E-state index in [1.54, 1.807) is 14.0 Å². The van der Waals surface area contributed by atoms with Crippen LogP contribution in [0.25, 0.3) is 10.9 Å². The van der Waals surface area contributed by atoms with E-state index in [1.165, 1.54) is 0 Å². The van der Waals surface area contributed by atoms with E-state index in [2.05, 4.69) is 14.9 Å². The lowest BCUT2D eigenvalue weighted by Crippen LogP contribution is -2.25. The van der Waals surface area contributed by atoms with E-state index in [1.807, 2.05) is 48.5 Å². The number of para-hydroxylation sites is 1. The van der Waals surface area contributed by atoms with E-state index in [4.69, 9.17) is 4.74 Å². The van der Waals surface area contributed by atoms with Gasteiger partial charge in [-0.05, 0) is 30.7 Å². The van der Waals surface area contributed by atoms with Crippen LogP contribution in [0.15, 0.2) is 48.5 Å². The number of fused-ring (bicyclic) bond motifs is 1. The number of aromatic nitrogens is 2. The fraction of sp³-hybridized carbons (Fsp3) is 0.263. The zero-order valence-corrected chi connectivity index (χ0v) is 13.7.